The molecule has 6 nitrogen and oxygen atoms in total. The molecule has 0 aliphatic carbocycles. The van der Waals surface area contributed by atoms with Gasteiger partial charge in [0.05, 0.1) is 23.3 Å². The van der Waals surface area contributed by atoms with E-state index in [0.29, 0.717) is 29.3 Å². The number of anilines is 1. The van der Waals surface area contributed by atoms with E-state index in [-0.39, 0.29) is 12.7 Å². The third kappa shape index (κ3) is 2.52. The summed E-state index contributed by atoms with van der Waals surface area (Å²) >= 11 is 1.53. The molecular weight excluding hydrogens is 290 g/mol. The van der Waals surface area contributed by atoms with Gasteiger partial charge in [0, 0.05) is 23.7 Å². The number of fused-ring (bicyclic) bond motifs is 1. The number of carbonyl (C=O) groups is 1. The van der Waals surface area contributed by atoms with E-state index in [4.69, 9.17) is 15.2 Å². The fourth-order valence-corrected chi connectivity index (χ4v) is 2.94. The Morgan fingerprint density at radius 2 is 2.14 bits per heavy atom. The largest absolute Gasteiger partial charge is 0.454 e. The van der Waals surface area contributed by atoms with E-state index < -0.39 is 0 Å². The van der Waals surface area contributed by atoms with Gasteiger partial charge in [-0.15, -0.1) is 11.3 Å². The molecule has 2 aromatic rings. The van der Waals surface area contributed by atoms with Crippen LogP contribution in [0.15, 0.2) is 17.6 Å². The second kappa shape index (κ2) is 5.25. The number of hydrogen-bond donors (Lipinski definition) is 1. The van der Waals surface area contributed by atoms with E-state index in [0.717, 1.165) is 10.6 Å². The van der Waals surface area contributed by atoms with Crippen LogP contribution in [0.4, 0.5) is 5.69 Å². The van der Waals surface area contributed by atoms with Crippen LogP contribution in [0.2, 0.25) is 0 Å². The third-order valence-corrected chi connectivity index (χ3v) is 4.27. The van der Waals surface area contributed by atoms with Gasteiger partial charge in [0.15, 0.2) is 11.5 Å². The zero-order valence-electron chi connectivity index (χ0n) is 11.8. The predicted octanol–water partition coefficient (Wildman–Crippen LogP) is 2.03. The monoisotopic (exact) mass is 305 g/mol. The van der Waals surface area contributed by atoms with Crippen molar-refractivity contribution in [1.29, 1.82) is 0 Å². The van der Waals surface area contributed by atoms with Gasteiger partial charge in [-0.2, -0.15) is 0 Å². The first kappa shape index (κ1) is 13.7. The molecular formula is C14H15N3O3S. The van der Waals surface area contributed by atoms with Gasteiger partial charge in [-0.25, -0.2) is 4.98 Å². The first-order chi connectivity index (χ1) is 10.1. The molecule has 3 rings (SSSR count). The Hall–Kier alpha value is -2.28. The maximum Gasteiger partial charge on any atom is 0.256 e. The molecule has 0 radical (unpaired) electrons. The van der Waals surface area contributed by atoms with E-state index in [1.165, 1.54) is 11.3 Å². The summed E-state index contributed by atoms with van der Waals surface area (Å²) in [7, 11) is 1.74. The van der Waals surface area contributed by atoms with Crippen LogP contribution in [0.5, 0.6) is 11.5 Å². The SMILES string of the molecule is Cc1ncsc1CN(C)C(=O)c1cc2c(cc1N)OCO2. The van der Waals surface area contributed by atoms with Crippen molar-refractivity contribution in [2.75, 3.05) is 19.6 Å². The molecule has 1 amide bonds. The molecule has 110 valence electrons. The summed E-state index contributed by atoms with van der Waals surface area (Å²) in [6, 6.07) is 3.26. The molecule has 1 aromatic heterocycles. The van der Waals surface area contributed by atoms with Gasteiger partial charge in [-0.1, -0.05) is 0 Å². The number of nitrogens with zero attached hydrogens (tertiary/aromatic N) is 2. The van der Waals surface area contributed by atoms with Crippen LogP contribution < -0.4 is 15.2 Å². The maximum atomic E-state index is 12.5. The Morgan fingerprint density at radius 3 is 2.81 bits per heavy atom. The number of nitrogen functional groups attached to an aromatic ring is 1. The number of ether oxygens (including phenoxy) is 2. The summed E-state index contributed by atoms with van der Waals surface area (Å²) in [4.78, 5) is 19.4. The highest BCUT2D eigenvalue weighted by molar-refractivity contribution is 7.09. The van der Waals surface area contributed by atoms with Crippen LogP contribution in [0.3, 0.4) is 0 Å². The van der Waals surface area contributed by atoms with E-state index in [9.17, 15) is 4.79 Å². The summed E-state index contributed by atoms with van der Waals surface area (Å²) < 4.78 is 10.5. The second-order valence-corrected chi connectivity index (χ2v) is 5.75. The molecule has 1 aliphatic heterocycles. The zero-order chi connectivity index (χ0) is 15.0. The lowest BCUT2D eigenvalue weighted by atomic mass is 10.1. The van der Waals surface area contributed by atoms with Crippen molar-refractivity contribution in [3.8, 4) is 11.5 Å². The number of amides is 1. The van der Waals surface area contributed by atoms with E-state index >= 15 is 0 Å². The molecule has 2 N–H and O–H groups in total. The molecule has 1 aromatic carbocycles. The van der Waals surface area contributed by atoms with Gasteiger partial charge >= 0.3 is 0 Å². The molecule has 0 unspecified atom stereocenters. The molecule has 1 aliphatic rings. The van der Waals surface area contributed by atoms with Crippen molar-refractivity contribution in [3.05, 3.63) is 33.8 Å². The maximum absolute atomic E-state index is 12.5. The Balaban J connectivity index is 1.83. The summed E-state index contributed by atoms with van der Waals surface area (Å²) in [5.74, 6) is 0.971. The quantitative estimate of drug-likeness (QED) is 0.878. The predicted molar refractivity (Wildman–Crippen MR) is 79.6 cm³/mol. The Kier molecular flexibility index (Phi) is 3.42. The van der Waals surface area contributed by atoms with Gasteiger partial charge < -0.3 is 20.1 Å². The van der Waals surface area contributed by atoms with Crippen LogP contribution >= 0.6 is 11.3 Å². The standard InChI is InChI=1S/C14H15N3O3S/c1-8-13(21-6-16-8)5-17(2)14(18)9-3-11-12(4-10(9)15)20-7-19-11/h3-4,6H,5,7,15H2,1-2H3. The second-order valence-electron chi connectivity index (χ2n) is 4.81. The van der Waals surface area contributed by atoms with Crippen molar-refractivity contribution in [2.24, 2.45) is 0 Å². The summed E-state index contributed by atoms with van der Waals surface area (Å²) in [6.45, 7) is 2.59. The Bertz CT molecular complexity index is 699. The van der Waals surface area contributed by atoms with Gasteiger partial charge in [0.2, 0.25) is 6.79 Å². The average molecular weight is 305 g/mol. The molecule has 0 atom stereocenters. The fourth-order valence-electron chi connectivity index (χ4n) is 2.11. The first-order valence-electron chi connectivity index (χ1n) is 6.40. The summed E-state index contributed by atoms with van der Waals surface area (Å²) in [5.41, 5.74) is 9.47. The molecule has 0 saturated carbocycles. The molecule has 2 heterocycles. The van der Waals surface area contributed by atoms with Crippen LogP contribution in [0.25, 0.3) is 0 Å². The molecule has 0 saturated heterocycles. The van der Waals surface area contributed by atoms with Gasteiger partial charge in [-0.3, -0.25) is 4.79 Å². The Morgan fingerprint density at radius 1 is 1.43 bits per heavy atom. The van der Waals surface area contributed by atoms with Crippen molar-refractivity contribution >= 4 is 22.9 Å². The van der Waals surface area contributed by atoms with Crippen LogP contribution in [-0.2, 0) is 6.54 Å². The smallest absolute Gasteiger partial charge is 0.256 e. The molecule has 0 bridgehead atoms. The van der Waals surface area contributed by atoms with Crippen molar-refractivity contribution in [3.63, 3.8) is 0 Å². The van der Waals surface area contributed by atoms with Gasteiger partial charge in [-0.05, 0) is 13.0 Å². The number of aromatic nitrogens is 1. The normalized spacial score (nSPS) is 12.5. The lowest BCUT2D eigenvalue weighted by Crippen LogP contribution is -2.26. The van der Waals surface area contributed by atoms with Crippen molar-refractivity contribution < 1.29 is 14.3 Å². The highest BCUT2D eigenvalue weighted by Gasteiger charge is 2.22. The molecule has 0 spiro atoms. The van der Waals surface area contributed by atoms with Gasteiger partial charge in [0.1, 0.15) is 0 Å². The average Bonchev–Trinajstić information content (AvgIpc) is 3.06. The number of aryl methyl sites for hydroxylation is 1. The van der Waals surface area contributed by atoms with Crippen LogP contribution in [0.1, 0.15) is 20.9 Å². The van der Waals surface area contributed by atoms with Gasteiger partial charge in [0.25, 0.3) is 5.91 Å². The fraction of sp³-hybridized carbons (Fsp3) is 0.286. The lowest BCUT2D eigenvalue weighted by molar-refractivity contribution is 0.0787. The zero-order valence-corrected chi connectivity index (χ0v) is 12.6. The van der Waals surface area contributed by atoms with Crippen LogP contribution in [-0.4, -0.2) is 29.6 Å². The topological polar surface area (TPSA) is 77.7 Å². The van der Waals surface area contributed by atoms with Crippen LogP contribution in [0, 0.1) is 6.92 Å². The minimum atomic E-state index is -0.154. The highest BCUT2D eigenvalue weighted by atomic mass is 32.1. The molecule has 7 heteroatoms. The Labute approximate surface area is 126 Å². The lowest BCUT2D eigenvalue weighted by Gasteiger charge is -2.18. The number of benzene rings is 1. The number of rotatable bonds is 3. The summed E-state index contributed by atoms with van der Waals surface area (Å²) in [5, 5.41) is 0. The molecule has 0 fully saturated rings. The number of nitrogens with two attached hydrogens (primary N) is 1. The first-order valence-corrected chi connectivity index (χ1v) is 7.27. The van der Waals surface area contributed by atoms with Crippen molar-refractivity contribution in [1.82, 2.24) is 9.88 Å². The van der Waals surface area contributed by atoms with E-state index in [1.807, 2.05) is 6.92 Å². The van der Waals surface area contributed by atoms with Crippen molar-refractivity contribution in [2.45, 2.75) is 13.5 Å². The highest BCUT2D eigenvalue weighted by Crippen LogP contribution is 2.36. The number of hydrogen-bond acceptors (Lipinski definition) is 6. The minimum Gasteiger partial charge on any atom is -0.454 e. The molecule has 21 heavy (non-hydrogen) atoms. The number of thiazole rings is 1. The number of carbonyl (C=O) groups excluding carboxylic acids is 1. The summed E-state index contributed by atoms with van der Waals surface area (Å²) in [6.07, 6.45) is 0. The van der Waals surface area contributed by atoms with E-state index in [2.05, 4.69) is 4.98 Å². The minimum absolute atomic E-state index is 0.154. The third-order valence-electron chi connectivity index (χ3n) is 3.35. The van der Waals surface area contributed by atoms with E-state index in [1.54, 1.807) is 29.6 Å².